The number of amides is 1. The van der Waals surface area contributed by atoms with Crippen molar-refractivity contribution in [3.63, 3.8) is 0 Å². The molecule has 24 heavy (non-hydrogen) atoms. The standard InChI is InChI=1S/C19H24N2O3/c1-13-15-5-3-4-6-16(15)24-19(23)17(13)18(22)21-11-8-14(9-12-21)7-10-20-2/h3-6,14,20H,7-12H2,1-2H3. The number of fused-ring (bicyclic) bond motifs is 1. The topological polar surface area (TPSA) is 62.6 Å². The van der Waals surface area contributed by atoms with Gasteiger partial charge in [-0.25, -0.2) is 4.79 Å². The molecule has 2 heterocycles. The van der Waals surface area contributed by atoms with Crippen LogP contribution in [0.3, 0.4) is 0 Å². The van der Waals surface area contributed by atoms with E-state index >= 15 is 0 Å². The minimum Gasteiger partial charge on any atom is -0.422 e. The number of piperidine rings is 1. The molecule has 128 valence electrons. The fourth-order valence-corrected chi connectivity index (χ4v) is 3.48. The van der Waals surface area contributed by atoms with E-state index in [1.165, 1.54) is 0 Å². The monoisotopic (exact) mass is 328 g/mol. The van der Waals surface area contributed by atoms with Crippen molar-refractivity contribution in [3.8, 4) is 0 Å². The Labute approximate surface area is 141 Å². The Hall–Kier alpha value is -2.14. The zero-order chi connectivity index (χ0) is 17.1. The fourth-order valence-electron chi connectivity index (χ4n) is 3.48. The summed E-state index contributed by atoms with van der Waals surface area (Å²) < 4.78 is 5.35. The van der Waals surface area contributed by atoms with Gasteiger partial charge in [-0.2, -0.15) is 0 Å². The number of carbonyl (C=O) groups is 1. The van der Waals surface area contributed by atoms with Crippen molar-refractivity contribution in [2.75, 3.05) is 26.7 Å². The number of nitrogens with zero attached hydrogens (tertiary/aromatic N) is 1. The van der Waals surface area contributed by atoms with Crippen molar-refractivity contribution in [2.24, 2.45) is 5.92 Å². The minimum atomic E-state index is -0.534. The van der Waals surface area contributed by atoms with Crippen LogP contribution in [0.15, 0.2) is 33.5 Å². The molecule has 0 radical (unpaired) electrons. The maximum atomic E-state index is 12.9. The average Bonchev–Trinajstić information content (AvgIpc) is 2.60. The second-order valence-electron chi connectivity index (χ2n) is 6.51. The lowest BCUT2D eigenvalue weighted by molar-refractivity contribution is 0.0682. The molecule has 0 aliphatic carbocycles. The van der Waals surface area contributed by atoms with Crippen molar-refractivity contribution in [1.82, 2.24) is 10.2 Å². The molecule has 5 nitrogen and oxygen atoms in total. The second-order valence-corrected chi connectivity index (χ2v) is 6.51. The number of hydrogen-bond donors (Lipinski definition) is 1. The maximum absolute atomic E-state index is 12.9. The zero-order valence-electron chi connectivity index (χ0n) is 14.3. The summed E-state index contributed by atoms with van der Waals surface area (Å²) in [7, 11) is 1.96. The molecule has 0 saturated carbocycles. The highest BCUT2D eigenvalue weighted by molar-refractivity contribution is 5.99. The van der Waals surface area contributed by atoms with Crippen molar-refractivity contribution in [3.05, 3.63) is 45.8 Å². The summed E-state index contributed by atoms with van der Waals surface area (Å²) in [6, 6.07) is 7.35. The first-order valence-electron chi connectivity index (χ1n) is 8.58. The molecule has 1 N–H and O–H groups in total. The molecule has 1 amide bonds. The first-order chi connectivity index (χ1) is 11.6. The molecule has 0 bridgehead atoms. The number of hydrogen-bond acceptors (Lipinski definition) is 4. The number of rotatable bonds is 4. The van der Waals surface area contributed by atoms with Gasteiger partial charge in [-0.05, 0) is 57.3 Å². The van der Waals surface area contributed by atoms with Crippen LogP contribution in [0.25, 0.3) is 11.0 Å². The Morgan fingerprint density at radius 2 is 2.00 bits per heavy atom. The Morgan fingerprint density at radius 3 is 2.71 bits per heavy atom. The molecular weight excluding hydrogens is 304 g/mol. The Bertz CT molecular complexity index is 789. The van der Waals surface area contributed by atoms with E-state index in [0.717, 1.165) is 31.2 Å². The van der Waals surface area contributed by atoms with Gasteiger partial charge in [0.25, 0.3) is 5.91 Å². The van der Waals surface area contributed by atoms with Crippen molar-refractivity contribution in [2.45, 2.75) is 26.2 Å². The molecule has 1 aromatic carbocycles. The van der Waals surface area contributed by atoms with Crippen LogP contribution in [-0.4, -0.2) is 37.5 Å². The lowest BCUT2D eigenvalue weighted by atomic mass is 9.93. The normalized spacial score (nSPS) is 15.8. The number of benzene rings is 1. The summed E-state index contributed by atoms with van der Waals surface area (Å²) in [4.78, 5) is 27.0. The molecule has 1 saturated heterocycles. The number of para-hydroxylation sites is 1. The van der Waals surface area contributed by atoms with E-state index in [4.69, 9.17) is 4.42 Å². The minimum absolute atomic E-state index is 0.183. The summed E-state index contributed by atoms with van der Waals surface area (Å²) in [6.45, 7) is 4.25. The van der Waals surface area contributed by atoms with Gasteiger partial charge in [0.15, 0.2) is 0 Å². The van der Waals surface area contributed by atoms with Gasteiger partial charge in [-0.15, -0.1) is 0 Å². The summed E-state index contributed by atoms with van der Waals surface area (Å²) >= 11 is 0. The summed E-state index contributed by atoms with van der Waals surface area (Å²) in [6.07, 6.45) is 3.12. The van der Waals surface area contributed by atoms with E-state index < -0.39 is 5.63 Å². The van der Waals surface area contributed by atoms with Crippen molar-refractivity contribution >= 4 is 16.9 Å². The molecule has 0 spiro atoms. The van der Waals surface area contributed by atoms with Crippen LogP contribution in [0.5, 0.6) is 0 Å². The number of carbonyl (C=O) groups excluding carboxylic acids is 1. The van der Waals surface area contributed by atoms with Gasteiger partial charge < -0.3 is 14.6 Å². The first kappa shape index (κ1) is 16.7. The predicted molar refractivity (Wildman–Crippen MR) is 94.4 cm³/mol. The molecule has 5 heteroatoms. The van der Waals surface area contributed by atoms with Crippen LogP contribution in [0.4, 0.5) is 0 Å². The van der Waals surface area contributed by atoms with Crippen molar-refractivity contribution < 1.29 is 9.21 Å². The van der Waals surface area contributed by atoms with Crippen LogP contribution in [0.2, 0.25) is 0 Å². The molecule has 1 fully saturated rings. The Balaban J connectivity index is 1.81. The average molecular weight is 328 g/mol. The lowest BCUT2D eigenvalue weighted by Crippen LogP contribution is -2.41. The second kappa shape index (κ2) is 7.18. The van der Waals surface area contributed by atoms with Gasteiger partial charge in [0, 0.05) is 18.5 Å². The number of nitrogens with one attached hydrogen (secondary N) is 1. The summed E-state index contributed by atoms with van der Waals surface area (Å²) in [5.41, 5.74) is 0.891. The van der Waals surface area contributed by atoms with Gasteiger partial charge >= 0.3 is 5.63 Å². The Kier molecular flexibility index (Phi) is 5.00. The van der Waals surface area contributed by atoms with Gasteiger partial charge in [-0.1, -0.05) is 18.2 Å². The van der Waals surface area contributed by atoms with Gasteiger partial charge in [-0.3, -0.25) is 4.79 Å². The molecule has 3 rings (SSSR count). The van der Waals surface area contributed by atoms with Gasteiger partial charge in [0.2, 0.25) is 0 Å². The Morgan fingerprint density at radius 1 is 1.29 bits per heavy atom. The maximum Gasteiger partial charge on any atom is 0.349 e. The molecule has 1 aliphatic rings. The number of aryl methyl sites for hydroxylation is 1. The quantitative estimate of drug-likeness (QED) is 0.876. The lowest BCUT2D eigenvalue weighted by Gasteiger charge is -2.32. The third-order valence-electron chi connectivity index (χ3n) is 4.99. The van der Waals surface area contributed by atoms with E-state index in [1.807, 2.05) is 32.2 Å². The third-order valence-corrected chi connectivity index (χ3v) is 4.99. The molecule has 0 unspecified atom stereocenters. The van der Waals surface area contributed by atoms with Crippen LogP contribution in [-0.2, 0) is 0 Å². The van der Waals surface area contributed by atoms with Gasteiger partial charge in [0.1, 0.15) is 11.1 Å². The SMILES string of the molecule is CNCCC1CCN(C(=O)c2c(C)c3ccccc3oc2=O)CC1. The predicted octanol–water partition coefficient (Wildman–Crippen LogP) is 2.56. The molecule has 1 aliphatic heterocycles. The van der Waals surface area contributed by atoms with E-state index in [-0.39, 0.29) is 11.5 Å². The van der Waals surface area contributed by atoms with E-state index in [9.17, 15) is 9.59 Å². The highest BCUT2D eigenvalue weighted by atomic mass is 16.4. The third kappa shape index (κ3) is 3.22. The van der Waals surface area contributed by atoms with E-state index in [0.29, 0.717) is 30.2 Å². The fraction of sp³-hybridized carbons (Fsp3) is 0.474. The molecular formula is C19H24N2O3. The first-order valence-corrected chi connectivity index (χ1v) is 8.58. The molecule has 2 aromatic rings. The zero-order valence-corrected chi connectivity index (χ0v) is 14.3. The van der Waals surface area contributed by atoms with E-state index in [1.54, 1.807) is 11.0 Å². The van der Waals surface area contributed by atoms with Crippen molar-refractivity contribution in [1.29, 1.82) is 0 Å². The summed E-state index contributed by atoms with van der Waals surface area (Å²) in [5.74, 6) is 0.453. The highest BCUT2D eigenvalue weighted by Crippen LogP contribution is 2.24. The van der Waals surface area contributed by atoms with Crippen LogP contribution >= 0.6 is 0 Å². The highest BCUT2D eigenvalue weighted by Gasteiger charge is 2.27. The van der Waals surface area contributed by atoms with Crippen LogP contribution < -0.4 is 10.9 Å². The smallest absolute Gasteiger partial charge is 0.349 e. The summed E-state index contributed by atoms with van der Waals surface area (Å²) in [5, 5.41) is 4.00. The largest absolute Gasteiger partial charge is 0.422 e. The van der Waals surface area contributed by atoms with Gasteiger partial charge in [0.05, 0.1) is 0 Å². The van der Waals surface area contributed by atoms with Crippen LogP contribution in [0, 0.1) is 12.8 Å². The number of likely N-dealkylation sites (tertiary alicyclic amines) is 1. The van der Waals surface area contributed by atoms with Crippen LogP contribution in [0.1, 0.15) is 35.2 Å². The molecule has 1 aromatic heterocycles. The van der Waals surface area contributed by atoms with E-state index in [2.05, 4.69) is 5.32 Å². The molecule has 0 atom stereocenters.